The van der Waals surface area contributed by atoms with E-state index in [4.69, 9.17) is 0 Å². The molecule has 1 atom stereocenters. The first-order valence-electron chi connectivity index (χ1n) is 8.49. The smallest absolute Gasteiger partial charge is 0.270 e. The van der Waals surface area contributed by atoms with Crippen LogP contribution < -0.4 is 5.32 Å². The van der Waals surface area contributed by atoms with Gasteiger partial charge in [0.15, 0.2) is 0 Å². The molecule has 1 saturated heterocycles. The number of nitrogens with zero attached hydrogens (tertiary/aromatic N) is 4. The lowest BCUT2D eigenvalue weighted by molar-refractivity contribution is 0.0940. The van der Waals surface area contributed by atoms with E-state index in [1.54, 1.807) is 10.6 Å². The molecule has 1 aliphatic rings. The van der Waals surface area contributed by atoms with E-state index in [9.17, 15) is 4.79 Å². The minimum absolute atomic E-state index is 0.0602. The summed E-state index contributed by atoms with van der Waals surface area (Å²) in [5, 5.41) is 3.08. The maximum atomic E-state index is 12.5. The van der Waals surface area contributed by atoms with Crippen LogP contribution in [0.2, 0.25) is 0 Å². The van der Waals surface area contributed by atoms with Crippen LogP contribution in [0, 0.1) is 12.8 Å². The van der Waals surface area contributed by atoms with Crippen molar-refractivity contribution in [1.82, 2.24) is 24.6 Å². The molecule has 124 valence electrons. The minimum Gasteiger partial charge on any atom is -0.350 e. The summed E-state index contributed by atoms with van der Waals surface area (Å²) in [4.78, 5) is 23.6. The number of carbonyl (C=O) groups is 1. The predicted octanol–water partition coefficient (Wildman–Crippen LogP) is 1.89. The number of amides is 1. The summed E-state index contributed by atoms with van der Waals surface area (Å²) in [5.41, 5.74) is 1.31. The zero-order valence-electron chi connectivity index (χ0n) is 14.0. The van der Waals surface area contributed by atoms with E-state index in [2.05, 4.69) is 27.1 Å². The van der Waals surface area contributed by atoms with Crippen molar-refractivity contribution in [1.29, 1.82) is 0 Å². The van der Waals surface area contributed by atoms with E-state index in [0.29, 0.717) is 17.4 Å². The van der Waals surface area contributed by atoms with Gasteiger partial charge in [-0.3, -0.25) is 9.20 Å². The molecular formula is C17H25N5O. The van der Waals surface area contributed by atoms with Crippen molar-refractivity contribution in [2.45, 2.75) is 33.1 Å². The fourth-order valence-electron chi connectivity index (χ4n) is 3.26. The van der Waals surface area contributed by atoms with E-state index < -0.39 is 0 Å². The molecule has 2 aromatic rings. The Labute approximate surface area is 136 Å². The van der Waals surface area contributed by atoms with Gasteiger partial charge in [-0.25, -0.2) is 9.97 Å². The molecule has 0 bridgehead atoms. The zero-order valence-corrected chi connectivity index (χ0v) is 14.0. The highest BCUT2D eigenvalue weighted by Gasteiger charge is 2.23. The van der Waals surface area contributed by atoms with Crippen LogP contribution in [0.5, 0.6) is 0 Å². The number of nitrogens with one attached hydrogen (secondary N) is 1. The van der Waals surface area contributed by atoms with E-state index in [1.807, 2.05) is 19.2 Å². The number of carbonyl (C=O) groups excluding carboxylic acids is 1. The van der Waals surface area contributed by atoms with Gasteiger partial charge >= 0.3 is 0 Å². The van der Waals surface area contributed by atoms with Crippen molar-refractivity contribution in [3.05, 3.63) is 29.8 Å². The molecule has 0 saturated carbocycles. The zero-order chi connectivity index (χ0) is 16.2. The summed E-state index contributed by atoms with van der Waals surface area (Å²) in [6, 6.07) is 1.81. The van der Waals surface area contributed by atoms with Gasteiger partial charge in [-0.05, 0) is 44.8 Å². The Kier molecular flexibility index (Phi) is 4.91. The van der Waals surface area contributed by atoms with Crippen LogP contribution in [0.4, 0.5) is 0 Å². The quantitative estimate of drug-likeness (QED) is 0.884. The summed E-state index contributed by atoms with van der Waals surface area (Å²) < 4.78 is 1.76. The summed E-state index contributed by atoms with van der Waals surface area (Å²) in [6.07, 6.45) is 7.18. The Morgan fingerprint density at radius 1 is 1.48 bits per heavy atom. The molecule has 0 aromatic carbocycles. The number of likely N-dealkylation sites (tertiary alicyclic amines) is 1. The lowest BCUT2D eigenvalue weighted by atomic mass is 10.1. The van der Waals surface area contributed by atoms with Crippen molar-refractivity contribution in [2.75, 3.05) is 26.2 Å². The molecule has 1 N–H and O–H groups in total. The molecule has 3 heterocycles. The number of aryl methyl sites for hydroxylation is 1. The summed E-state index contributed by atoms with van der Waals surface area (Å²) >= 11 is 0. The molecule has 0 unspecified atom stereocenters. The van der Waals surface area contributed by atoms with Crippen molar-refractivity contribution in [3.63, 3.8) is 0 Å². The summed E-state index contributed by atoms with van der Waals surface area (Å²) in [5.74, 6) is 1.06. The molecule has 6 heteroatoms. The number of hydrogen-bond acceptors (Lipinski definition) is 4. The highest BCUT2D eigenvalue weighted by Crippen LogP contribution is 2.16. The highest BCUT2D eigenvalue weighted by atomic mass is 16.1. The number of aromatic nitrogens is 3. The molecule has 6 nitrogen and oxygen atoms in total. The Morgan fingerprint density at radius 2 is 2.35 bits per heavy atom. The second kappa shape index (κ2) is 7.08. The SMILES string of the molecule is CCCCN1CC[C@@H](CNC(=O)c2c(C)nc3ncccn23)C1. The normalized spacial score (nSPS) is 18.6. The van der Waals surface area contributed by atoms with Gasteiger partial charge in [0.1, 0.15) is 5.69 Å². The second-order valence-electron chi connectivity index (χ2n) is 6.35. The Bertz CT molecular complexity index is 681. The number of unbranched alkanes of at least 4 members (excludes halogenated alkanes) is 1. The van der Waals surface area contributed by atoms with Crippen LogP contribution in [0.3, 0.4) is 0 Å². The van der Waals surface area contributed by atoms with E-state index in [0.717, 1.165) is 31.7 Å². The van der Waals surface area contributed by atoms with Gasteiger partial charge in [-0.15, -0.1) is 0 Å². The average Bonchev–Trinajstić information content (AvgIpc) is 3.13. The first-order valence-corrected chi connectivity index (χ1v) is 8.49. The molecule has 0 radical (unpaired) electrons. The van der Waals surface area contributed by atoms with Gasteiger partial charge in [0.2, 0.25) is 5.78 Å². The molecule has 0 spiro atoms. The maximum absolute atomic E-state index is 12.5. The largest absolute Gasteiger partial charge is 0.350 e. The van der Waals surface area contributed by atoms with Gasteiger partial charge < -0.3 is 10.2 Å². The highest BCUT2D eigenvalue weighted by molar-refractivity contribution is 5.94. The van der Waals surface area contributed by atoms with Gasteiger partial charge in [0.25, 0.3) is 5.91 Å². The molecule has 1 fully saturated rings. The fraction of sp³-hybridized carbons (Fsp3) is 0.588. The topological polar surface area (TPSA) is 62.5 Å². The number of imidazole rings is 1. The van der Waals surface area contributed by atoms with Crippen molar-refractivity contribution in [3.8, 4) is 0 Å². The van der Waals surface area contributed by atoms with Gasteiger partial charge in [0.05, 0.1) is 5.69 Å². The molecule has 3 rings (SSSR count). The van der Waals surface area contributed by atoms with Gasteiger partial charge in [-0.2, -0.15) is 0 Å². The monoisotopic (exact) mass is 315 g/mol. The lowest BCUT2D eigenvalue weighted by Gasteiger charge is -2.15. The minimum atomic E-state index is -0.0602. The van der Waals surface area contributed by atoms with Crippen LogP contribution in [0.25, 0.3) is 5.78 Å². The molecule has 1 aliphatic heterocycles. The average molecular weight is 315 g/mol. The first kappa shape index (κ1) is 15.9. The van der Waals surface area contributed by atoms with E-state index >= 15 is 0 Å². The standard InChI is InChI=1S/C17H25N5O/c1-3-4-8-21-10-6-14(12-21)11-19-16(23)15-13(2)20-17-18-7-5-9-22(15)17/h5,7,9,14H,3-4,6,8,10-12H2,1-2H3,(H,19,23)/t14-/m0/s1. The first-order chi connectivity index (χ1) is 11.2. The predicted molar refractivity (Wildman–Crippen MR) is 89.5 cm³/mol. The Morgan fingerprint density at radius 3 is 3.17 bits per heavy atom. The van der Waals surface area contributed by atoms with E-state index in [-0.39, 0.29) is 5.91 Å². The molecule has 0 aliphatic carbocycles. The third-order valence-electron chi connectivity index (χ3n) is 4.54. The lowest BCUT2D eigenvalue weighted by Crippen LogP contribution is -2.32. The van der Waals surface area contributed by atoms with Gasteiger partial charge in [-0.1, -0.05) is 13.3 Å². The van der Waals surface area contributed by atoms with Crippen LogP contribution in [0.15, 0.2) is 18.5 Å². The number of fused-ring (bicyclic) bond motifs is 1. The maximum Gasteiger partial charge on any atom is 0.270 e. The number of hydrogen-bond donors (Lipinski definition) is 1. The van der Waals surface area contributed by atoms with Crippen LogP contribution >= 0.6 is 0 Å². The molecular weight excluding hydrogens is 290 g/mol. The molecule has 2 aromatic heterocycles. The van der Waals surface area contributed by atoms with Crippen molar-refractivity contribution >= 4 is 11.7 Å². The Balaban J connectivity index is 1.58. The van der Waals surface area contributed by atoms with Crippen LogP contribution in [-0.4, -0.2) is 51.4 Å². The molecule has 1 amide bonds. The van der Waals surface area contributed by atoms with Crippen molar-refractivity contribution in [2.24, 2.45) is 5.92 Å². The second-order valence-corrected chi connectivity index (χ2v) is 6.35. The fourth-order valence-corrected chi connectivity index (χ4v) is 3.26. The third-order valence-corrected chi connectivity index (χ3v) is 4.54. The van der Waals surface area contributed by atoms with Crippen LogP contribution in [0.1, 0.15) is 42.4 Å². The van der Waals surface area contributed by atoms with Gasteiger partial charge in [0, 0.05) is 25.5 Å². The third kappa shape index (κ3) is 3.52. The number of rotatable bonds is 6. The van der Waals surface area contributed by atoms with Crippen molar-refractivity contribution < 1.29 is 4.79 Å². The summed E-state index contributed by atoms with van der Waals surface area (Å²) in [7, 11) is 0. The van der Waals surface area contributed by atoms with Crippen LogP contribution in [-0.2, 0) is 0 Å². The molecule has 23 heavy (non-hydrogen) atoms. The Hall–Kier alpha value is -1.95. The summed E-state index contributed by atoms with van der Waals surface area (Å²) in [6.45, 7) is 8.23. The van der Waals surface area contributed by atoms with E-state index in [1.165, 1.54) is 19.4 Å².